The molecule has 1 amide bonds. The molecule has 2 heterocycles. The van der Waals surface area contributed by atoms with E-state index in [1.54, 1.807) is 4.90 Å². The molecule has 0 radical (unpaired) electrons. The van der Waals surface area contributed by atoms with Gasteiger partial charge in [0.15, 0.2) is 0 Å². The first-order valence-corrected chi connectivity index (χ1v) is 7.90. The number of para-hydroxylation sites is 2. The average Bonchev–Trinajstić information content (AvgIpc) is 3.01. The Labute approximate surface area is 127 Å². The molecule has 1 aliphatic rings. The van der Waals surface area contributed by atoms with E-state index in [1.165, 1.54) is 11.5 Å². The van der Waals surface area contributed by atoms with Crippen LogP contribution in [0.1, 0.15) is 35.6 Å². The maximum absolute atomic E-state index is 12.9. The van der Waals surface area contributed by atoms with E-state index in [2.05, 4.69) is 16.5 Å². The molecule has 2 aromatic rings. The summed E-state index contributed by atoms with van der Waals surface area (Å²) >= 11 is 1.17. The second-order valence-electron chi connectivity index (χ2n) is 4.93. The topological polar surface area (TPSA) is 55.3 Å². The third-order valence-corrected chi connectivity index (χ3v) is 4.38. The SMILES string of the molecule is CCc1nnsc1C(=O)N1C[C@H](CC)Oc2ccccc21. The summed E-state index contributed by atoms with van der Waals surface area (Å²) in [6, 6.07) is 7.66. The van der Waals surface area contributed by atoms with E-state index in [-0.39, 0.29) is 12.0 Å². The second kappa shape index (κ2) is 5.81. The fourth-order valence-electron chi connectivity index (χ4n) is 2.43. The number of carbonyl (C=O) groups excluding carboxylic acids is 1. The van der Waals surface area contributed by atoms with E-state index in [1.807, 2.05) is 31.2 Å². The third-order valence-electron chi connectivity index (χ3n) is 3.62. The van der Waals surface area contributed by atoms with Gasteiger partial charge in [0.25, 0.3) is 5.91 Å². The molecule has 21 heavy (non-hydrogen) atoms. The third kappa shape index (κ3) is 2.51. The quantitative estimate of drug-likeness (QED) is 0.875. The van der Waals surface area contributed by atoms with Crippen LogP contribution in [0.25, 0.3) is 0 Å². The Hall–Kier alpha value is -1.95. The van der Waals surface area contributed by atoms with Crippen molar-refractivity contribution in [3.8, 4) is 5.75 Å². The van der Waals surface area contributed by atoms with Crippen LogP contribution in [0.5, 0.6) is 5.75 Å². The molecule has 0 saturated heterocycles. The summed E-state index contributed by atoms with van der Waals surface area (Å²) in [6.45, 7) is 4.61. The van der Waals surface area contributed by atoms with Gasteiger partial charge in [-0.25, -0.2) is 0 Å². The molecule has 0 N–H and O–H groups in total. The Morgan fingerprint density at radius 2 is 2.24 bits per heavy atom. The van der Waals surface area contributed by atoms with Crippen molar-refractivity contribution in [2.24, 2.45) is 0 Å². The number of ether oxygens (including phenoxy) is 1. The molecule has 0 aliphatic carbocycles. The van der Waals surface area contributed by atoms with Crippen molar-refractivity contribution in [2.45, 2.75) is 32.8 Å². The molecule has 1 atom stereocenters. The number of hydrogen-bond acceptors (Lipinski definition) is 5. The van der Waals surface area contributed by atoms with E-state index in [0.29, 0.717) is 17.8 Å². The lowest BCUT2D eigenvalue weighted by molar-refractivity contribution is 0.0957. The molecule has 110 valence electrons. The monoisotopic (exact) mass is 303 g/mol. The largest absolute Gasteiger partial charge is 0.486 e. The summed E-state index contributed by atoms with van der Waals surface area (Å²) in [5.74, 6) is 0.732. The molecule has 0 bridgehead atoms. The van der Waals surface area contributed by atoms with Crippen molar-refractivity contribution >= 4 is 23.1 Å². The van der Waals surface area contributed by atoms with E-state index >= 15 is 0 Å². The molecular formula is C15H17N3O2S. The van der Waals surface area contributed by atoms with Crippen molar-refractivity contribution in [3.05, 3.63) is 34.8 Å². The smallest absolute Gasteiger partial charge is 0.272 e. The van der Waals surface area contributed by atoms with E-state index < -0.39 is 0 Å². The highest BCUT2D eigenvalue weighted by Crippen LogP contribution is 2.35. The summed E-state index contributed by atoms with van der Waals surface area (Å²) in [7, 11) is 0. The van der Waals surface area contributed by atoms with Crippen LogP contribution in [0, 0.1) is 0 Å². The maximum atomic E-state index is 12.9. The van der Waals surface area contributed by atoms with Crippen molar-refractivity contribution in [1.82, 2.24) is 9.59 Å². The summed E-state index contributed by atoms with van der Waals surface area (Å²) in [4.78, 5) is 15.3. The van der Waals surface area contributed by atoms with Gasteiger partial charge in [0, 0.05) is 0 Å². The van der Waals surface area contributed by atoms with Gasteiger partial charge in [-0.2, -0.15) is 0 Å². The van der Waals surface area contributed by atoms with Gasteiger partial charge < -0.3 is 9.64 Å². The van der Waals surface area contributed by atoms with Crippen LogP contribution >= 0.6 is 11.5 Å². The minimum atomic E-state index is -0.0314. The van der Waals surface area contributed by atoms with Crippen LogP contribution in [-0.4, -0.2) is 28.1 Å². The molecule has 0 unspecified atom stereocenters. The Kier molecular flexibility index (Phi) is 3.88. The van der Waals surface area contributed by atoms with Gasteiger partial charge in [-0.1, -0.05) is 30.5 Å². The summed E-state index contributed by atoms with van der Waals surface area (Å²) in [5, 5.41) is 4.04. The van der Waals surface area contributed by atoms with Crippen LogP contribution in [0.4, 0.5) is 5.69 Å². The van der Waals surface area contributed by atoms with Crippen molar-refractivity contribution < 1.29 is 9.53 Å². The number of benzene rings is 1. The Balaban J connectivity index is 1.99. The molecular weight excluding hydrogens is 286 g/mol. The lowest BCUT2D eigenvalue weighted by Crippen LogP contribution is -2.43. The number of carbonyl (C=O) groups is 1. The first kappa shape index (κ1) is 14.0. The number of nitrogens with zero attached hydrogens (tertiary/aromatic N) is 3. The molecule has 3 rings (SSSR count). The van der Waals surface area contributed by atoms with E-state index in [0.717, 1.165) is 23.6 Å². The fourth-order valence-corrected chi connectivity index (χ4v) is 3.13. The highest BCUT2D eigenvalue weighted by Gasteiger charge is 2.31. The first-order chi connectivity index (χ1) is 10.2. The number of fused-ring (bicyclic) bond motifs is 1. The van der Waals surface area contributed by atoms with Gasteiger partial charge in [0.05, 0.1) is 17.9 Å². The molecule has 1 aliphatic heterocycles. The number of rotatable bonds is 3. The van der Waals surface area contributed by atoms with Crippen LogP contribution in [0.2, 0.25) is 0 Å². The van der Waals surface area contributed by atoms with Crippen molar-refractivity contribution in [2.75, 3.05) is 11.4 Å². The Morgan fingerprint density at radius 3 is 3.00 bits per heavy atom. The Bertz CT molecular complexity index is 656. The van der Waals surface area contributed by atoms with Crippen LogP contribution in [0.15, 0.2) is 24.3 Å². The number of aryl methyl sites for hydroxylation is 1. The summed E-state index contributed by atoms with van der Waals surface area (Å²) < 4.78 is 9.83. The number of aromatic nitrogens is 2. The molecule has 0 spiro atoms. The highest BCUT2D eigenvalue weighted by molar-refractivity contribution is 7.08. The molecule has 1 aromatic heterocycles. The lowest BCUT2D eigenvalue weighted by Gasteiger charge is -2.34. The van der Waals surface area contributed by atoms with E-state index in [4.69, 9.17) is 4.74 Å². The molecule has 5 nitrogen and oxygen atoms in total. The molecule has 6 heteroatoms. The number of amides is 1. The van der Waals surface area contributed by atoms with Gasteiger partial charge in [0.2, 0.25) is 0 Å². The maximum Gasteiger partial charge on any atom is 0.272 e. The van der Waals surface area contributed by atoms with Crippen LogP contribution in [0.3, 0.4) is 0 Å². The highest BCUT2D eigenvalue weighted by atomic mass is 32.1. The molecule has 0 saturated carbocycles. The number of hydrogen-bond donors (Lipinski definition) is 0. The van der Waals surface area contributed by atoms with Crippen molar-refractivity contribution in [3.63, 3.8) is 0 Å². The van der Waals surface area contributed by atoms with Gasteiger partial charge in [-0.05, 0) is 36.5 Å². The minimum absolute atomic E-state index is 0.0230. The van der Waals surface area contributed by atoms with Gasteiger partial charge in [-0.15, -0.1) is 5.10 Å². The van der Waals surface area contributed by atoms with Crippen LogP contribution < -0.4 is 9.64 Å². The predicted octanol–water partition coefficient (Wildman–Crippen LogP) is 2.92. The zero-order valence-corrected chi connectivity index (χ0v) is 12.9. The van der Waals surface area contributed by atoms with Crippen molar-refractivity contribution in [1.29, 1.82) is 0 Å². The Morgan fingerprint density at radius 1 is 1.43 bits per heavy atom. The summed E-state index contributed by atoms with van der Waals surface area (Å²) in [5.41, 5.74) is 1.59. The standard InChI is InChI=1S/C15H17N3O2S/c1-3-10-9-18(12-7-5-6-8-13(12)20-10)15(19)14-11(4-2)16-17-21-14/h5-8,10H,3-4,9H2,1-2H3/t10-/m0/s1. The predicted molar refractivity (Wildman–Crippen MR) is 82.1 cm³/mol. The average molecular weight is 303 g/mol. The fraction of sp³-hybridized carbons (Fsp3) is 0.400. The zero-order valence-electron chi connectivity index (χ0n) is 12.1. The minimum Gasteiger partial charge on any atom is -0.486 e. The number of anilines is 1. The summed E-state index contributed by atoms with van der Waals surface area (Å²) in [6.07, 6.45) is 1.59. The zero-order chi connectivity index (χ0) is 14.8. The second-order valence-corrected chi connectivity index (χ2v) is 5.69. The van der Waals surface area contributed by atoms with E-state index in [9.17, 15) is 4.79 Å². The lowest BCUT2D eigenvalue weighted by atomic mass is 10.1. The van der Waals surface area contributed by atoms with Crippen LogP contribution in [-0.2, 0) is 6.42 Å². The molecule has 0 fully saturated rings. The van der Waals surface area contributed by atoms with Gasteiger partial charge >= 0.3 is 0 Å². The van der Waals surface area contributed by atoms with Gasteiger partial charge in [0.1, 0.15) is 16.7 Å². The first-order valence-electron chi connectivity index (χ1n) is 7.13. The van der Waals surface area contributed by atoms with Gasteiger partial charge in [-0.3, -0.25) is 4.79 Å². The molecule has 1 aromatic carbocycles. The normalized spacial score (nSPS) is 17.2.